The average Bonchev–Trinajstić information content (AvgIpc) is 3.51. The van der Waals surface area contributed by atoms with E-state index in [0.717, 1.165) is 16.3 Å². The van der Waals surface area contributed by atoms with Gasteiger partial charge in [0, 0.05) is 5.56 Å². The second-order valence-electron chi connectivity index (χ2n) is 8.82. The number of benzene rings is 3. The van der Waals surface area contributed by atoms with Gasteiger partial charge in [0.25, 0.3) is 5.56 Å². The Morgan fingerprint density at radius 1 is 1.16 bits per heavy atom. The number of fused-ring (bicyclic) bond motifs is 3. The van der Waals surface area contributed by atoms with E-state index in [1.54, 1.807) is 31.6 Å². The van der Waals surface area contributed by atoms with Crippen molar-refractivity contribution in [2.24, 2.45) is 4.99 Å². The van der Waals surface area contributed by atoms with Crippen LogP contribution >= 0.6 is 11.3 Å². The Morgan fingerprint density at radius 2 is 1.97 bits per heavy atom. The minimum atomic E-state index is -0.787. The van der Waals surface area contributed by atoms with Gasteiger partial charge in [-0.1, -0.05) is 47.7 Å². The maximum Gasteiger partial charge on any atom is 0.338 e. The predicted octanol–water partition coefficient (Wildman–Crippen LogP) is 3.69. The van der Waals surface area contributed by atoms with E-state index in [4.69, 9.17) is 18.9 Å². The number of methoxy groups -OCH3 is 1. The average molecular weight is 529 g/mol. The van der Waals surface area contributed by atoms with Crippen LogP contribution in [-0.2, 0) is 9.53 Å². The van der Waals surface area contributed by atoms with E-state index < -0.39 is 12.0 Å². The molecular weight excluding hydrogens is 504 g/mol. The fourth-order valence-electron chi connectivity index (χ4n) is 4.95. The lowest BCUT2D eigenvalue weighted by atomic mass is 9.90. The van der Waals surface area contributed by atoms with Crippen molar-refractivity contribution in [2.75, 3.05) is 20.5 Å². The maximum atomic E-state index is 14.0. The summed E-state index contributed by atoms with van der Waals surface area (Å²) in [6, 6.07) is 16.4. The van der Waals surface area contributed by atoms with Gasteiger partial charge >= 0.3 is 5.97 Å². The third-order valence-electron chi connectivity index (χ3n) is 6.64. The van der Waals surface area contributed by atoms with Crippen LogP contribution < -0.4 is 29.1 Å². The number of hydrogen-bond donors (Lipinski definition) is 0. The number of aromatic nitrogens is 1. The minimum Gasteiger partial charge on any atom is -0.496 e. The van der Waals surface area contributed by atoms with E-state index in [9.17, 15) is 9.59 Å². The molecule has 1 aromatic heterocycles. The molecule has 192 valence electrons. The van der Waals surface area contributed by atoms with E-state index in [1.165, 1.54) is 11.3 Å². The molecule has 0 radical (unpaired) electrons. The first-order valence-electron chi connectivity index (χ1n) is 12.1. The van der Waals surface area contributed by atoms with Gasteiger partial charge in [-0.3, -0.25) is 9.36 Å². The molecule has 0 saturated carbocycles. The van der Waals surface area contributed by atoms with Crippen LogP contribution in [0.15, 0.2) is 75.7 Å². The van der Waals surface area contributed by atoms with Gasteiger partial charge in [0.05, 0.1) is 29.5 Å². The van der Waals surface area contributed by atoms with Crippen LogP contribution in [0.2, 0.25) is 0 Å². The van der Waals surface area contributed by atoms with Gasteiger partial charge in [-0.15, -0.1) is 0 Å². The van der Waals surface area contributed by atoms with Gasteiger partial charge in [-0.05, 0) is 54.5 Å². The van der Waals surface area contributed by atoms with E-state index in [0.29, 0.717) is 43.4 Å². The lowest BCUT2D eigenvalue weighted by Crippen LogP contribution is -2.40. The molecule has 0 fully saturated rings. The van der Waals surface area contributed by atoms with Gasteiger partial charge in [-0.25, -0.2) is 9.79 Å². The molecule has 4 aromatic rings. The molecule has 6 rings (SSSR count). The van der Waals surface area contributed by atoms with Crippen molar-refractivity contribution < 1.29 is 23.7 Å². The molecule has 1 atom stereocenters. The monoisotopic (exact) mass is 528 g/mol. The Labute approximate surface area is 221 Å². The largest absolute Gasteiger partial charge is 0.496 e. The molecule has 0 saturated heterocycles. The highest BCUT2D eigenvalue weighted by atomic mass is 32.1. The number of hydrogen-bond acceptors (Lipinski definition) is 8. The summed E-state index contributed by atoms with van der Waals surface area (Å²) in [6.45, 7) is 3.89. The zero-order valence-corrected chi connectivity index (χ0v) is 21.8. The molecule has 9 heteroatoms. The van der Waals surface area contributed by atoms with Crippen LogP contribution in [0, 0.1) is 0 Å². The van der Waals surface area contributed by atoms with E-state index >= 15 is 0 Å². The lowest BCUT2D eigenvalue weighted by molar-refractivity contribution is -0.139. The number of nitrogens with zero attached hydrogens (tertiary/aromatic N) is 2. The number of thiazole rings is 1. The molecule has 0 aliphatic carbocycles. The predicted molar refractivity (Wildman–Crippen MR) is 143 cm³/mol. The number of ether oxygens (including phenoxy) is 4. The Kier molecular flexibility index (Phi) is 6.00. The van der Waals surface area contributed by atoms with Gasteiger partial charge in [-0.2, -0.15) is 0 Å². The fourth-order valence-corrected chi connectivity index (χ4v) is 6.00. The molecule has 8 nitrogen and oxygen atoms in total. The normalized spacial score (nSPS) is 16.4. The van der Waals surface area contributed by atoms with Crippen LogP contribution in [0.5, 0.6) is 17.2 Å². The van der Waals surface area contributed by atoms with Gasteiger partial charge in [0.15, 0.2) is 16.3 Å². The summed E-state index contributed by atoms with van der Waals surface area (Å²) in [5.74, 6) is 1.35. The summed E-state index contributed by atoms with van der Waals surface area (Å²) in [5, 5.41) is 1.84. The second kappa shape index (κ2) is 9.50. The molecular formula is C29H24N2O6S. The standard InChI is InChI=1S/C29H24N2O6S/c1-4-35-28(33)24-16(2)30-29-31(26(24)25-19-8-6-5-7-18(19)10-12-21(25)34-3)27(32)23(38-29)14-17-9-11-20-22(13-17)37-15-36-20/h5-14,26H,4,15H2,1-3H3/b23-14+/t26-/m1/s1. The van der Waals surface area contributed by atoms with Crippen molar-refractivity contribution in [2.45, 2.75) is 19.9 Å². The molecule has 38 heavy (non-hydrogen) atoms. The van der Waals surface area contributed by atoms with Crippen LogP contribution in [-0.4, -0.2) is 31.0 Å². The highest BCUT2D eigenvalue weighted by Gasteiger charge is 2.36. The summed E-state index contributed by atoms with van der Waals surface area (Å²) in [5.41, 5.74) is 2.04. The molecule has 0 spiro atoms. The summed E-state index contributed by atoms with van der Waals surface area (Å²) < 4.78 is 24.2. The first-order chi connectivity index (χ1) is 18.5. The molecule has 2 aliphatic rings. The quantitative estimate of drug-likeness (QED) is 0.367. The fraction of sp³-hybridized carbons (Fsp3) is 0.207. The Balaban J connectivity index is 1.63. The minimum absolute atomic E-state index is 0.170. The number of carbonyl (C=O) groups excluding carboxylic acids is 1. The van der Waals surface area contributed by atoms with Crippen LogP contribution in [0.3, 0.4) is 0 Å². The molecule has 0 amide bonds. The van der Waals surface area contributed by atoms with Crippen molar-refractivity contribution in [1.82, 2.24) is 4.57 Å². The summed E-state index contributed by atoms with van der Waals surface area (Å²) in [4.78, 5) is 32.5. The molecule has 2 aliphatic heterocycles. The smallest absolute Gasteiger partial charge is 0.338 e. The van der Waals surface area contributed by atoms with Crippen molar-refractivity contribution >= 4 is 34.2 Å². The van der Waals surface area contributed by atoms with E-state index in [-0.39, 0.29) is 19.0 Å². The van der Waals surface area contributed by atoms with Crippen LogP contribution in [0.1, 0.15) is 31.0 Å². The number of esters is 1. The Morgan fingerprint density at radius 3 is 2.79 bits per heavy atom. The van der Waals surface area contributed by atoms with Crippen LogP contribution in [0.4, 0.5) is 0 Å². The van der Waals surface area contributed by atoms with Crippen molar-refractivity contribution in [3.05, 3.63) is 96.7 Å². The highest BCUT2D eigenvalue weighted by Crippen LogP contribution is 2.40. The third-order valence-corrected chi connectivity index (χ3v) is 7.62. The van der Waals surface area contributed by atoms with Gasteiger partial charge in [0.2, 0.25) is 6.79 Å². The molecule has 3 aromatic carbocycles. The Bertz CT molecular complexity index is 1820. The molecule has 3 heterocycles. The Hall–Kier alpha value is -4.37. The zero-order chi connectivity index (χ0) is 26.4. The lowest BCUT2D eigenvalue weighted by Gasteiger charge is -2.27. The SMILES string of the molecule is CCOC(=O)C1=C(C)N=c2s/c(=C/c3ccc4c(c3)OCO4)c(=O)n2[C@H]1c1c(OC)ccc2ccccc12. The van der Waals surface area contributed by atoms with Crippen molar-refractivity contribution in [3.63, 3.8) is 0 Å². The number of allylic oxidation sites excluding steroid dienone is 1. The van der Waals surface area contributed by atoms with Crippen LogP contribution in [0.25, 0.3) is 16.8 Å². The van der Waals surface area contributed by atoms with Crippen molar-refractivity contribution in [3.8, 4) is 17.2 Å². The first-order valence-corrected chi connectivity index (χ1v) is 13.0. The highest BCUT2D eigenvalue weighted by molar-refractivity contribution is 7.07. The van der Waals surface area contributed by atoms with Gasteiger partial charge in [0.1, 0.15) is 11.8 Å². The maximum absolute atomic E-state index is 14.0. The van der Waals surface area contributed by atoms with Gasteiger partial charge < -0.3 is 18.9 Å². The first kappa shape index (κ1) is 24.0. The number of rotatable bonds is 5. The summed E-state index contributed by atoms with van der Waals surface area (Å²) >= 11 is 1.27. The zero-order valence-electron chi connectivity index (χ0n) is 21.0. The van der Waals surface area contributed by atoms with E-state index in [1.807, 2.05) is 54.6 Å². The van der Waals surface area contributed by atoms with E-state index in [2.05, 4.69) is 4.99 Å². The summed E-state index contributed by atoms with van der Waals surface area (Å²) in [7, 11) is 1.58. The summed E-state index contributed by atoms with van der Waals surface area (Å²) in [6.07, 6.45) is 1.80. The second-order valence-corrected chi connectivity index (χ2v) is 9.83. The molecule has 0 bridgehead atoms. The van der Waals surface area contributed by atoms with Crippen molar-refractivity contribution in [1.29, 1.82) is 0 Å². The topological polar surface area (TPSA) is 88.4 Å². The molecule has 0 unspecified atom stereocenters. The third kappa shape index (κ3) is 3.86. The molecule has 0 N–H and O–H groups in total. The number of carbonyl (C=O) groups is 1.